The van der Waals surface area contributed by atoms with Crippen molar-refractivity contribution in [1.82, 2.24) is 0 Å². The first-order valence-electron chi connectivity index (χ1n) is 6.88. The molecule has 0 aromatic heterocycles. The first-order chi connectivity index (χ1) is 8.20. The lowest BCUT2D eigenvalue weighted by atomic mass is 10.1. The Kier molecular flexibility index (Phi) is 11.0. The van der Waals surface area contributed by atoms with Crippen LogP contribution in [0.15, 0.2) is 0 Å². The van der Waals surface area contributed by atoms with Crippen LogP contribution in [-0.2, 0) is 14.3 Å². The molecule has 0 unspecified atom stereocenters. The van der Waals surface area contributed by atoms with E-state index in [0.717, 1.165) is 44.9 Å². The fourth-order valence-corrected chi connectivity index (χ4v) is 1.70. The largest absolute Gasteiger partial charge is 0.466 e. The maximum absolute atomic E-state index is 11.4. The highest BCUT2D eigenvalue weighted by Gasteiger charge is 2.03. The second-order valence-corrected chi connectivity index (χ2v) is 4.36. The lowest BCUT2D eigenvalue weighted by Crippen LogP contribution is -2.03. The molecule has 0 spiro atoms. The summed E-state index contributed by atoms with van der Waals surface area (Å²) in [6.45, 7) is 4.40. The van der Waals surface area contributed by atoms with Gasteiger partial charge in [-0.3, -0.25) is 9.59 Å². The predicted octanol–water partition coefficient (Wildman–Crippen LogP) is 3.65. The van der Waals surface area contributed by atoms with Gasteiger partial charge in [-0.05, 0) is 26.2 Å². The average Bonchev–Trinajstić information content (AvgIpc) is 2.29. The Bertz CT molecular complexity index is 212. The number of ether oxygens (including phenoxy) is 1. The Balaban J connectivity index is 3.27. The van der Waals surface area contributed by atoms with Crippen LogP contribution in [0.1, 0.15) is 71.6 Å². The summed E-state index contributed by atoms with van der Waals surface area (Å²) in [5.74, 6) is 0.247. The van der Waals surface area contributed by atoms with Crippen molar-refractivity contribution in [2.75, 3.05) is 6.61 Å². The summed E-state index contributed by atoms with van der Waals surface area (Å²) in [5, 5.41) is 0. The van der Waals surface area contributed by atoms with Crippen LogP contribution in [0.5, 0.6) is 0 Å². The van der Waals surface area contributed by atoms with Gasteiger partial charge in [-0.1, -0.05) is 26.2 Å². The van der Waals surface area contributed by atoms with Crippen molar-refractivity contribution in [3.05, 3.63) is 0 Å². The summed E-state index contributed by atoms with van der Waals surface area (Å²) >= 11 is 0. The number of Topliss-reactive ketones (excluding diaryl/α,β-unsaturated/α-hetero) is 1. The van der Waals surface area contributed by atoms with E-state index in [0.29, 0.717) is 25.2 Å². The van der Waals surface area contributed by atoms with E-state index in [1.54, 1.807) is 0 Å². The van der Waals surface area contributed by atoms with Crippen molar-refractivity contribution in [2.45, 2.75) is 71.6 Å². The normalized spacial score (nSPS) is 10.2. The van der Waals surface area contributed by atoms with Crippen molar-refractivity contribution >= 4 is 11.8 Å². The molecule has 0 aliphatic heterocycles. The first kappa shape index (κ1) is 16.1. The zero-order chi connectivity index (χ0) is 12.9. The molecule has 17 heavy (non-hydrogen) atoms. The van der Waals surface area contributed by atoms with Gasteiger partial charge in [0.25, 0.3) is 0 Å². The molecule has 0 aliphatic rings. The quantitative estimate of drug-likeness (QED) is 0.410. The highest BCUT2D eigenvalue weighted by molar-refractivity contribution is 5.78. The van der Waals surface area contributed by atoms with Gasteiger partial charge in [0.1, 0.15) is 5.78 Å². The van der Waals surface area contributed by atoms with Crippen LogP contribution >= 0.6 is 0 Å². The molecule has 0 bridgehead atoms. The Morgan fingerprint density at radius 3 is 2.00 bits per heavy atom. The van der Waals surface area contributed by atoms with Crippen LogP contribution in [0.3, 0.4) is 0 Å². The minimum absolute atomic E-state index is 0.123. The lowest BCUT2D eigenvalue weighted by molar-refractivity contribution is -0.143. The SMILES string of the molecule is CCCCCC(=O)CCCCCC(=O)OCC. The summed E-state index contributed by atoms with van der Waals surface area (Å²) in [7, 11) is 0. The third-order valence-electron chi connectivity index (χ3n) is 2.70. The van der Waals surface area contributed by atoms with E-state index in [9.17, 15) is 9.59 Å². The van der Waals surface area contributed by atoms with Crippen LogP contribution in [0.25, 0.3) is 0 Å². The molecule has 3 heteroatoms. The summed E-state index contributed by atoms with van der Waals surface area (Å²) in [6, 6.07) is 0. The number of hydrogen-bond acceptors (Lipinski definition) is 3. The number of unbranched alkanes of at least 4 members (excludes halogenated alkanes) is 4. The van der Waals surface area contributed by atoms with E-state index < -0.39 is 0 Å². The fraction of sp³-hybridized carbons (Fsp3) is 0.857. The Morgan fingerprint density at radius 1 is 0.824 bits per heavy atom. The number of carbonyl (C=O) groups excluding carboxylic acids is 2. The Hall–Kier alpha value is -0.860. The Morgan fingerprint density at radius 2 is 1.41 bits per heavy atom. The van der Waals surface area contributed by atoms with Gasteiger partial charge in [0.15, 0.2) is 0 Å². The molecule has 100 valence electrons. The van der Waals surface area contributed by atoms with Crippen LogP contribution in [0, 0.1) is 0 Å². The molecule has 0 atom stereocenters. The zero-order valence-electron chi connectivity index (χ0n) is 11.3. The standard InChI is InChI=1S/C14H26O3/c1-3-5-7-10-13(15)11-8-6-9-12-14(16)17-4-2/h3-12H2,1-2H3. The average molecular weight is 242 g/mol. The molecular weight excluding hydrogens is 216 g/mol. The van der Waals surface area contributed by atoms with Gasteiger partial charge in [0.05, 0.1) is 6.61 Å². The molecule has 0 saturated carbocycles. The van der Waals surface area contributed by atoms with Crippen molar-refractivity contribution in [2.24, 2.45) is 0 Å². The number of rotatable bonds is 11. The van der Waals surface area contributed by atoms with Crippen LogP contribution in [-0.4, -0.2) is 18.4 Å². The highest BCUT2D eigenvalue weighted by Crippen LogP contribution is 2.08. The molecule has 0 fully saturated rings. The number of carbonyl (C=O) groups is 2. The zero-order valence-corrected chi connectivity index (χ0v) is 11.3. The van der Waals surface area contributed by atoms with Gasteiger partial charge < -0.3 is 4.74 Å². The molecule has 0 radical (unpaired) electrons. The second-order valence-electron chi connectivity index (χ2n) is 4.36. The van der Waals surface area contributed by atoms with Gasteiger partial charge in [0, 0.05) is 19.3 Å². The van der Waals surface area contributed by atoms with E-state index in [2.05, 4.69) is 6.92 Å². The molecule has 0 saturated heterocycles. The van der Waals surface area contributed by atoms with Crippen molar-refractivity contribution in [3.8, 4) is 0 Å². The molecule has 0 aromatic carbocycles. The molecule has 0 amide bonds. The second kappa shape index (κ2) is 11.6. The summed E-state index contributed by atoms with van der Waals surface area (Å²) in [6.07, 6.45) is 7.90. The molecule has 0 aliphatic carbocycles. The summed E-state index contributed by atoms with van der Waals surface area (Å²) < 4.78 is 4.83. The molecule has 0 N–H and O–H groups in total. The maximum Gasteiger partial charge on any atom is 0.305 e. The van der Waals surface area contributed by atoms with Crippen molar-refractivity contribution < 1.29 is 14.3 Å². The summed E-state index contributed by atoms with van der Waals surface area (Å²) in [4.78, 5) is 22.5. The van der Waals surface area contributed by atoms with Crippen LogP contribution < -0.4 is 0 Å². The minimum Gasteiger partial charge on any atom is -0.466 e. The number of ketones is 1. The third kappa shape index (κ3) is 11.4. The molecular formula is C14H26O3. The fourth-order valence-electron chi connectivity index (χ4n) is 1.70. The van der Waals surface area contributed by atoms with Gasteiger partial charge in [-0.2, -0.15) is 0 Å². The van der Waals surface area contributed by atoms with Crippen molar-refractivity contribution in [1.29, 1.82) is 0 Å². The topological polar surface area (TPSA) is 43.4 Å². The predicted molar refractivity (Wildman–Crippen MR) is 68.9 cm³/mol. The van der Waals surface area contributed by atoms with Gasteiger partial charge in [-0.25, -0.2) is 0 Å². The van der Waals surface area contributed by atoms with Gasteiger partial charge in [-0.15, -0.1) is 0 Å². The van der Waals surface area contributed by atoms with Crippen molar-refractivity contribution in [3.63, 3.8) is 0 Å². The molecule has 0 heterocycles. The number of esters is 1. The summed E-state index contributed by atoms with van der Waals surface area (Å²) in [5.41, 5.74) is 0. The van der Waals surface area contributed by atoms with Crippen LogP contribution in [0.4, 0.5) is 0 Å². The lowest BCUT2D eigenvalue weighted by Gasteiger charge is -2.02. The number of hydrogen-bond donors (Lipinski definition) is 0. The Labute approximate surface area is 105 Å². The van der Waals surface area contributed by atoms with E-state index in [4.69, 9.17) is 4.74 Å². The van der Waals surface area contributed by atoms with Crippen LogP contribution in [0.2, 0.25) is 0 Å². The maximum atomic E-state index is 11.4. The van der Waals surface area contributed by atoms with E-state index >= 15 is 0 Å². The van der Waals surface area contributed by atoms with E-state index in [1.807, 2.05) is 6.92 Å². The highest BCUT2D eigenvalue weighted by atomic mass is 16.5. The molecule has 3 nitrogen and oxygen atoms in total. The van der Waals surface area contributed by atoms with E-state index in [1.165, 1.54) is 0 Å². The smallest absolute Gasteiger partial charge is 0.305 e. The minimum atomic E-state index is -0.123. The monoisotopic (exact) mass is 242 g/mol. The third-order valence-corrected chi connectivity index (χ3v) is 2.70. The molecule has 0 aromatic rings. The molecule has 0 rings (SSSR count). The van der Waals surface area contributed by atoms with Gasteiger partial charge in [0.2, 0.25) is 0 Å². The first-order valence-corrected chi connectivity index (χ1v) is 6.88. The van der Waals surface area contributed by atoms with E-state index in [-0.39, 0.29) is 5.97 Å². The van der Waals surface area contributed by atoms with Gasteiger partial charge >= 0.3 is 5.97 Å².